The number of hydrogen-bond donors (Lipinski definition) is 1. The Kier molecular flexibility index (Phi) is 47.8. The molecule has 0 aromatic rings. The number of nitrogens with zero attached hydrogens (tertiary/aromatic N) is 1. The third kappa shape index (κ3) is 47.8. The van der Waals surface area contributed by atoms with Gasteiger partial charge >= 0.3 is 17.9 Å². The average Bonchev–Trinajstić information content (AvgIpc) is 3.30. The standard InChI is InChI=1S/C60H105NO7/c1-6-8-10-12-14-16-18-20-22-24-26-28-30-32-34-36-38-40-42-44-46-48-50-58(62)67-55-56(54-66-53-52-57(60(64)65)61(3,4)5)68-59(63)51-49-47-45-43-41-39-37-35-33-31-29-27-25-23-21-19-17-15-13-11-9-7-2/h9,11,15,17,21,23,27,29,33,35,39,41,56-57H,6-8,10,12-14,16,18-20,22,24-26,28,30-32,34,36-38,40,42-55H2,1-5H3/p+1/b11-9+,17-15+,23-21+,29-27+,35-33+,41-39+. The van der Waals surface area contributed by atoms with Gasteiger partial charge in [-0.2, -0.15) is 0 Å². The van der Waals surface area contributed by atoms with Gasteiger partial charge in [0.15, 0.2) is 12.1 Å². The Balaban J connectivity index is 4.25. The number of esters is 2. The first-order chi connectivity index (χ1) is 33.1. The van der Waals surface area contributed by atoms with Crippen LogP contribution in [0.25, 0.3) is 0 Å². The fourth-order valence-electron chi connectivity index (χ4n) is 8.10. The van der Waals surface area contributed by atoms with Gasteiger partial charge in [-0.25, -0.2) is 4.79 Å². The van der Waals surface area contributed by atoms with Crippen LogP contribution in [0.1, 0.15) is 239 Å². The highest BCUT2D eigenvalue weighted by Crippen LogP contribution is 2.16. The van der Waals surface area contributed by atoms with Crippen molar-refractivity contribution in [3.8, 4) is 0 Å². The first-order valence-electron chi connectivity index (χ1n) is 28.0. The van der Waals surface area contributed by atoms with Gasteiger partial charge in [0.1, 0.15) is 6.61 Å². The van der Waals surface area contributed by atoms with E-state index in [2.05, 4.69) is 86.8 Å². The summed E-state index contributed by atoms with van der Waals surface area (Å²) in [5.74, 6) is -1.50. The number of rotatable bonds is 50. The average molecular weight is 954 g/mol. The maximum absolute atomic E-state index is 12.8. The second-order valence-electron chi connectivity index (χ2n) is 19.8. The lowest BCUT2D eigenvalue weighted by Crippen LogP contribution is -2.50. The molecule has 2 unspecified atom stereocenters. The molecule has 0 rings (SSSR count). The monoisotopic (exact) mass is 953 g/mol. The van der Waals surface area contributed by atoms with Crippen molar-refractivity contribution in [2.45, 2.75) is 251 Å². The Morgan fingerprint density at radius 1 is 0.456 bits per heavy atom. The van der Waals surface area contributed by atoms with Crippen LogP contribution in [0.3, 0.4) is 0 Å². The van der Waals surface area contributed by atoms with Crippen molar-refractivity contribution in [2.75, 3.05) is 41.0 Å². The zero-order chi connectivity index (χ0) is 49.9. The lowest BCUT2D eigenvalue weighted by Gasteiger charge is -2.31. The second kappa shape index (κ2) is 50.2. The molecule has 0 saturated carbocycles. The molecule has 392 valence electrons. The zero-order valence-electron chi connectivity index (χ0n) is 44.8. The molecule has 0 aromatic heterocycles. The summed E-state index contributed by atoms with van der Waals surface area (Å²) in [5, 5.41) is 9.67. The molecule has 2 atom stereocenters. The van der Waals surface area contributed by atoms with Gasteiger partial charge in [0.2, 0.25) is 0 Å². The van der Waals surface area contributed by atoms with Crippen LogP contribution in [0.5, 0.6) is 0 Å². The van der Waals surface area contributed by atoms with Crippen LogP contribution >= 0.6 is 0 Å². The van der Waals surface area contributed by atoms with Gasteiger partial charge in [0, 0.05) is 19.3 Å². The summed E-state index contributed by atoms with van der Waals surface area (Å²) in [6, 6.07) is -0.625. The highest BCUT2D eigenvalue weighted by atomic mass is 16.6. The number of quaternary nitrogens is 1. The largest absolute Gasteiger partial charge is 0.477 e. The van der Waals surface area contributed by atoms with Crippen molar-refractivity contribution >= 4 is 17.9 Å². The van der Waals surface area contributed by atoms with Crippen molar-refractivity contribution in [1.29, 1.82) is 0 Å². The van der Waals surface area contributed by atoms with E-state index in [4.69, 9.17) is 14.2 Å². The first-order valence-corrected chi connectivity index (χ1v) is 28.0. The zero-order valence-corrected chi connectivity index (χ0v) is 44.8. The number of carboxylic acids is 1. The van der Waals surface area contributed by atoms with E-state index >= 15 is 0 Å². The molecule has 8 nitrogen and oxygen atoms in total. The van der Waals surface area contributed by atoms with Crippen LogP contribution in [0.4, 0.5) is 0 Å². The van der Waals surface area contributed by atoms with Crippen molar-refractivity contribution in [3.05, 3.63) is 72.9 Å². The number of hydrogen-bond acceptors (Lipinski definition) is 6. The predicted molar refractivity (Wildman–Crippen MR) is 289 cm³/mol. The van der Waals surface area contributed by atoms with Crippen molar-refractivity contribution in [2.24, 2.45) is 0 Å². The number of carboxylic acid groups (broad SMARTS) is 1. The molecule has 0 saturated heterocycles. The lowest BCUT2D eigenvalue weighted by atomic mass is 10.0. The van der Waals surface area contributed by atoms with Gasteiger partial charge in [0.05, 0.1) is 34.4 Å². The van der Waals surface area contributed by atoms with E-state index in [1.165, 1.54) is 122 Å². The van der Waals surface area contributed by atoms with E-state index in [9.17, 15) is 19.5 Å². The minimum absolute atomic E-state index is 0.0462. The lowest BCUT2D eigenvalue weighted by molar-refractivity contribution is -0.887. The summed E-state index contributed by atoms with van der Waals surface area (Å²) in [7, 11) is 5.53. The third-order valence-corrected chi connectivity index (χ3v) is 12.4. The van der Waals surface area contributed by atoms with Gasteiger partial charge in [-0.05, 0) is 64.2 Å². The fourth-order valence-corrected chi connectivity index (χ4v) is 8.10. The van der Waals surface area contributed by atoms with E-state index in [1.54, 1.807) is 0 Å². The predicted octanol–water partition coefficient (Wildman–Crippen LogP) is 16.6. The number of allylic oxidation sites excluding steroid dienone is 12. The van der Waals surface area contributed by atoms with Crippen LogP contribution < -0.4 is 0 Å². The highest BCUT2D eigenvalue weighted by molar-refractivity contribution is 5.72. The topological polar surface area (TPSA) is 99.1 Å². The molecular formula is C60H106NO7+. The minimum atomic E-state index is -0.880. The summed E-state index contributed by atoms with van der Waals surface area (Å²) < 4.78 is 17.4. The van der Waals surface area contributed by atoms with E-state index < -0.39 is 18.1 Å². The number of aliphatic carboxylic acids is 1. The molecule has 0 heterocycles. The van der Waals surface area contributed by atoms with Crippen molar-refractivity contribution in [3.63, 3.8) is 0 Å². The van der Waals surface area contributed by atoms with E-state index in [-0.39, 0.29) is 42.7 Å². The van der Waals surface area contributed by atoms with Crippen molar-refractivity contribution < 1.29 is 38.2 Å². The number of carbonyl (C=O) groups excluding carboxylic acids is 2. The fraction of sp³-hybridized carbons (Fsp3) is 0.750. The molecule has 0 aromatic carbocycles. The smallest absolute Gasteiger partial charge is 0.362 e. The molecule has 0 radical (unpaired) electrons. The number of likely N-dealkylation sites (N-methyl/N-ethyl adjacent to an activating group) is 1. The molecule has 0 fully saturated rings. The van der Waals surface area contributed by atoms with Crippen LogP contribution in [0.2, 0.25) is 0 Å². The van der Waals surface area contributed by atoms with E-state index in [0.717, 1.165) is 83.5 Å². The molecule has 1 N–H and O–H groups in total. The van der Waals surface area contributed by atoms with Crippen molar-refractivity contribution in [1.82, 2.24) is 0 Å². The molecule has 0 bridgehead atoms. The van der Waals surface area contributed by atoms with E-state index in [0.29, 0.717) is 12.8 Å². The molecule has 0 aliphatic carbocycles. The summed E-state index contributed by atoms with van der Waals surface area (Å²) >= 11 is 0. The van der Waals surface area contributed by atoms with Crippen LogP contribution in [0.15, 0.2) is 72.9 Å². The molecule has 0 aliphatic rings. The summed E-state index contributed by atoms with van der Waals surface area (Å²) in [6.45, 7) is 4.62. The van der Waals surface area contributed by atoms with Crippen LogP contribution in [-0.2, 0) is 28.6 Å². The van der Waals surface area contributed by atoms with Gasteiger partial charge in [-0.1, -0.05) is 228 Å². The van der Waals surface area contributed by atoms with Gasteiger partial charge in [-0.3, -0.25) is 9.59 Å². The Morgan fingerprint density at radius 3 is 1.22 bits per heavy atom. The van der Waals surface area contributed by atoms with E-state index in [1.807, 2.05) is 21.1 Å². The molecule has 0 amide bonds. The molecular weight excluding hydrogens is 847 g/mol. The second-order valence-corrected chi connectivity index (χ2v) is 19.8. The number of ether oxygens (including phenoxy) is 3. The maximum Gasteiger partial charge on any atom is 0.362 e. The Hall–Kier alpha value is -3.23. The maximum atomic E-state index is 12.8. The molecule has 8 heteroatoms. The Morgan fingerprint density at radius 2 is 0.824 bits per heavy atom. The minimum Gasteiger partial charge on any atom is -0.477 e. The number of unbranched alkanes of at least 4 members (excludes halogenated alkanes) is 24. The van der Waals surface area contributed by atoms with Crippen LogP contribution in [0, 0.1) is 0 Å². The normalized spacial score (nSPS) is 13.4. The van der Waals surface area contributed by atoms with Crippen LogP contribution in [-0.4, -0.2) is 80.6 Å². The van der Waals surface area contributed by atoms with Gasteiger partial charge in [-0.15, -0.1) is 0 Å². The van der Waals surface area contributed by atoms with Gasteiger partial charge in [0.25, 0.3) is 0 Å². The SMILES string of the molecule is CC/C=C/C/C=C/C/C=C/C/C=C/C/C=C/C/C=C/CCCCCC(=O)OC(COCCC(C(=O)O)[N+](C)(C)C)COC(=O)CCCCCCCCCCCCCCCCCCCCCCCC. The summed E-state index contributed by atoms with van der Waals surface area (Å²) in [6.07, 6.45) is 65.4. The molecule has 0 aliphatic heterocycles. The molecule has 68 heavy (non-hydrogen) atoms. The number of carbonyl (C=O) groups is 3. The quantitative estimate of drug-likeness (QED) is 0.0281. The first kappa shape index (κ1) is 64.8. The Bertz CT molecular complexity index is 1340. The van der Waals surface area contributed by atoms with Gasteiger partial charge < -0.3 is 23.8 Å². The Labute approximate surface area is 419 Å². The molecule has 0 spiro atoms. The summed E-state index contributed by atoms with van der Waals surface area (Å²) in [5.41, 5.74) is 0. The third-order valence-electron chi connectivity index (χ3n) is 12.4. The summed E-state index contributed by atoms with van der Waals surface area (Å²) in [4.78, 5) is 37.3. The highest BCUT2D eigenvalue weighted by Gasteiger charge is 2.31.